The molecule has 1 rings (SSSR count). The molecule has 1 radical (unpaired) electrons. The van der Waals surface area contributed by atoms with Crippen LogP contribution in [0.1, 0.15) is 6.92 Å². The molecule has 1 fully saturated rings. The van der Waals surface area contributed by atoms with Gasteiger partial charge in [0.2, 0.25) is 0 Å². The molecule has 5 N–H and O–H groups in total. The fourth-order valence-electron chi connectivity index (χ4n) is 1.52. The van der Waals surface area contributed by atoms with E-state index in [1.165, 1.54) is 0 Å². The van der Waals surface area contributed by atoms with Crippen LogP contribution in [0.2, 0.25) is 0 Å². The number of carbonyl (C=O) groups excluding carboxylic acids is 1. The molecular formula is C8H14NO8S. The average molecular weight is 284 g/mol. The first kappa shape index (κ1) is 15.4. The van der Waals surface area contributed by atoms with E-state index >= 15 is 0 Å². The predicted octanol–water partition coefficient (Wildman–Crippen LogP) is -2.63. The van der Waals surface area contributed by atoms with E-state index in [0.29, 0.717) is 0 Å². The van der Waals surface area contributed by atoms with Crippen LogP contribution in [0.5, 0.6) is 0 Å². The molecule has 0 amide bonds. The summed E-state index contributed by atoms with van der Waals surface area (Å²) in [6, 6.07) is 0. The number of ketones is 1. The van der Waals surface area contributed by atoms with E-state index < -0.39 is 46.6 Å². The monoisotopic (exact) mass is 284 g/mol. The van der Waals surface area contributed by atoms with E-state index in [-0.39, 0.29) is 0 Å². The highest BCUT2D eigenvalue weighted by molar-refractivity contribution is 7.80. The lowest BCUT2D eigenvalue weighted by molar-refractivity contribution is -0.160. The van der Waals surface area contributed by atoms with Crippen molar-refractivity contribution in [2.24, 2.45) is 5.73 Å². The van der Waals surface area contributed by atoms with Gasteiger partial charge in [-0.25, -0.2) is 4.18 Å². The largest absolute Gasteiger partial charge is 0.397 e. The summed E-state index contributed by atoms with van der Waals surface area (Å²) in [6.45, 7) is 1.17. The zero-order chi connectivity index (χ0) is 14.1. The molecule has 10 heteroatoms. The Hall–Kier alpha value is -0.620. The summed E-state index contributed by atoms with van der Waals surface area (Å²) < 4.78 is 38.9. The molecule has 4 atom stereocenters. The molecule has 0 saturated carbocycles. The SMILES string of the molecule is CC(=O)[C@]1(N)[CH]O[C@H](CO)[C@H](OS(=O)(=O)O)[C@@H]1O. The molecule has 1 heterocycles. The van der Waals surface area contributed by atoms with Crippen molar-refractivity contribution in [3.63, 3.8) is 0 Å². The van der Waals surface area contributed by atoms with Gasteiger partial charge in [-0.15, -0.1) is 0 Å². The first-order valence-electron chi connectivity index (χ1n) is 4.86. The van der Waals surface area contributed by atoms with Crippen LogP contribution in [0.25, 0.3) is 0 Å². The van der Waals surface area contributed by atoms with Gasteiger partial charge in [-0.1, -0.05) is 0 Å². The maximum atomic E-state index is 11.3. The maximum absolute atomic E-state index is 11.3. The minimum absolute atomic E-state index is 0.699. The molecule has 18 heavy (non-hydrogen) atoms. The molecular weight excluding hydrogens is 270 g/mol. The van der Waals surface area contributed by atoms with Crippen LogP contribution >= 0.6 is 0 Å². The minimum Gasteiger partial charge on any atom is -0.394 e. The number of nitrogens with two attached hydrogens (primary N) is 1. The molecule has 1 saturated heterocycles. The Morgan fingerprint density at radius 1 is 1.61 bits per heavy atom. The van der Waals surface area contributed by atoms with Gasteiger partial charge in [0.1, 0.15) is 30.5 Å². The predicted molar refractivity (Wildman–Crippen MR) is 56.3 cm³/mol. The fraction of sp³-hybridized carbons (Fsp3) is 0.750. The van der Waals surface area contributed by atoms with Crippen molar-refractivity contribution in [3.05, 3.63) is 6.61 Å². The standard InChI is InChI=1S/C8H14NO8S/c1-4(11)8(9)3-16-5(2-10)6(7(8)12)17-18(13,14)15/h3,5-7,10,12H,2,9H2,1H3,(H,13,14,15)/t5-,6+,7+,8-/m1/s1. The molecule has 0 aromatic heterocycles. The second-order valence-corrected chi connectivity index (χ2v) is 4.95. The van der Waals surface area contributed by atoms with Gasteiger partial charge in [0.15, 0.2) is 5.78 Å². The number of aliphatic hydroxyl groups is 2. The van der Waals surface area contributed by atoms with E-state index in [1.807, 2.05) is 0 Å². The van der Waals surface area contributed by atoms with Crippen LogP contribution in [-0.2, 0) is 24.1 Å². The van der Waals surface area contributed by atoms with Crippen LogP contribution in [0.15, 0.2) is 0 Å². The summed E-state index contributed by atoms with van der Waals surface area (Å²) in [5.41, 5.74) is 3.57. The molecule has 0 aliphatic carbocycles. The van der Waals surface area contributed by atoms with Crippen molar-refractivity contribution in [1.29, 1.82) is 0 Å². The summed E-state index contributed by atoms with van der Waals surface area (Å²) in [5, 5.41) is 18.8. The quantitative estimate of drug-likeness (QED) is 0.405. The smallest absolute Gasteiger partial charge is 0.394 e. The Kier molecular flexibility index (Phi) is 4.43. The van der Waals surface area contributed by atoms with Crippen molar-refractivity contribution >= 4 is 16.2 Å². The van der Waals surface area contributed by atoms with Crippen molar-refractivity contribution in [1.82, 2.24) is 0 Å². The van der Waals surface area contributed by atoms with Crippen molar-refractivity contribution < 1.29 is 36.9 Å². The highest BCUT2D eigenvalue weighted by Crippen LogP contribution is 2.29. The molecule has 1 aliphatic rings. The highest BCUT2D eigenvalue weighted by Gasteiger charge is 2.52. The Balaban J connectivity index is 3.04. The zero-order valence-corrected chi connectivity index (χ0v) is 10.2. The molecule has 0 bridgehead atoms. The Labute approximate surface area is 103 Å². The first-order valence-corrected chi connectivity index (χ1v) is 6.22. The number of aliphatic hydroxyl groups excluding tert-OH is 2. The summed E-state index contributed by atoms with van der Waals surface area (Å²) >= 11 is 0. The topological polar surface area (TPSA) is 156 Å². The fourth-order valence-corrected chi connectivity index (χ4v) is 2.03. The average Bonchev–Trinajstić information content (AvgIpc) is 2.23. The third kappa shape index (κ3) is 3.03. The van der Waals surface area contributed by atoms with E-state index in [9.17, 15) is 18.3 Å². The van der Waals surface area contributed by atoms with Crippen LogP contribution < -0.4 is 5.73 Å². The minimum atomic E-state index is -4.91. The van der Waals surface area contributed by atoms with Crippen molar-refractivity contribution in [2.45, 2.75) is 30.8 Å². The molecule has 0 unspecified atom stereocenters. The van der Waals surface area contributed by atoms with Gasteiger partial charge < -0.3 is 20.7 Å². The van der Waals surface area contributed by atoms with E-state index in [0.717, 1.165) is 13.5 Å². The molecule has 0 spiro atoms. The number of ether oxygens (including phenoxy) is 1. The van der Waals surface area contributed by atoms with Crippen LogP contribution in [-0.4, -0.2) is 59.4 Å². The van der Waals surface area contributed by atoms with Crippen LogP contribution in [0.3, 0.4) is 0 Å². The van der Waals surface area contributed by atoms with Gasteiger partial charge in [-0.05, 0) is 6.92 Å². The number of carbonyl (C=O) groups is 1. The lowest BCUT2D eigenvalue weighted by atomic mass is 9.83. The molecule has 1 aliphatic heterocycles. The third-order valence-electron chi connectivity index (χ3n) is 2.63. The van der Waals surface area contributed by atoms with Gasteiger partial charge in [0.25, 0.3) is 0 Å². The lowest BCUT2D eigenvalue weighted by Crippen LogP contribution is -2.68. The molecule has 9 nitrogen and oxygen atoms in total. The van der Waals surface area contributed by atoms with Crippen molar-refractivity contribution in [2.75, 3.05) is 6.61 Å². The summed E-state index contributed by atoms with van der Waals surface area (Å²) in [7, 11) is -4.91. The Morgan fingerprint density at radius 2 is 2.17 bits per heavy atom. The second-order valence-electron chi connectivity index (χ2n) is 3.90. The Bertz CT molecular complexity index is 423. The first-order chi connectivity index (χ1) is 8.12. The van der Waals surface area contributed by atoms with E-state index in [4.69, 9.17) is 20.1 Å². The van der Waals surface area contributed by atoms with Gasteiger partial charge in [0, 0.05) is 0 Å². The van der Waals surface area contributed by atoms with E-state index in [1.54, 1.807) is 0 Å². The molecule has 105 valence electrons. The van der Waals surface area contributed by atoms with Gasteiger partial charge >= 0.3 is 10.4 Å². The van der Waals surface area contributed by atoms with Crippen LogP contribution in [0.4, 0.5) is 0 Å². The zero-order valence-electron chi connectivity index (χ0n) is 9.38. The lowest BCUT2D eigenvalue weighted by Gasteiger charge is -2.42. The number of rotatable bonds is 4. The highest BCUT2D eigenvalue weighted by atomic mass is 32.3. The third-order valence-corrected chi connectivity index (χ3v) is 3.09. The van der Waals surface area contributed by atoms with E-state index in [2.05, 4.69) is 4.18 Å². The number of Topliss-reactive ketones (excluding diaryl/α,β-unsaturated/α-hetero) is 1. The summed E-state index contributed by atoms with van der Waals surface area (Å²) in [4.78, 5) is 11.3. The molecule has 0 aromatic carbocycles. The number of hydrogen-bond acceptors (Lipinski definition) is 8. The van der Waals surface area contributed by atoms with Crippen LogP contribution in [0, 0.1) is 6.61 Å². The van der Waals surface area contributed by atoms with Gasteiger partial charge in [-0.2, -0.15) is 8.42 Å². The van der Waals surface area contributed by atoms with Crippen molar-refractivity contribution in [3.8, 4) is 0 Å². The number of hydrogen-bond donors (Lipinski definition) is 4. The second kappa shape index (κ2) is 5.17. The maximum Gasteiger partial charge on any atom is 0.397 e. The normalized spacial score (nSPS) is 37.5. The van der Waals surface area contributed by atoms with Gasteiger partial charge in [-0.3, -0.25) is 9.35 Å². The Morgan fingerprint density at radius 3 is 2.56 bits per heavy atom. The summed E-state index contributed by atoms with van der Waals surface area (Å²) in [5.74, 6) is -0.699. The molecule has 0 aromatic rings. The summed E-state index contributed by atoms with van der Waals surface area (Å²) in [6.07, 6.45) is -4.79. The van der Waals surface area contributed by atoms with Gasteiger partial charge in [0.05, 0.1) is 6.61 Å².